The van der Waals surface area contributed by atoms with Gasteiger partial charge in [0.15, 0.2) is 0 Å². The fraction of sp³-hybridized carbons (Fsp3) is 0.345. The molecule has 1 amide bonds. The van der Waals surface area contributed by atoms with Crippen molar-refractivity contribution in [3.05, 3.63) is 102 Å². The average Bonchev–Trinajstić information content (AvgIpc) is 3.34. The number of hydrogen-bond donors (Lipinski definition) is 4. The van der Waals surface area contributed by atoms with Gasteiger partial charge in [-0.2, -0.15) is 0 Å². The summed E-state index contributed by atoms with van der Waals surface area (Å²) < 4.78 is 5.93. The van der Waals surface area contributed by atoms with Crippen molar-refractivity contribution in [3.63, 3.8) is 0 Å². The largest absolute Gasteiger partial charge is 0.494 e. The summed E-state index contributed by atoms with van der Waals surface area (Å²) in [6.07, 6.45) is 1.48. The molecule has 3 aromatic carbocycles. The van der Waals surface area contributed by atoms with Gasteiger partial charge in [-0.1, -0.05) is 78.9 Å². The lowest BCUT2D eigenvalue weighted by atomic mass is 9.74. The topological polar surface area (TPSA) is 74.4 Å². The number of carbonyl (C=O) groups excluding carboxylic acids is 1. The predicted octanol–water partition coefficient (Wildman–Crippen LogP) is 3.89. The van der Waals surface area contributed by atoms with Gasteiger partial charge in [0.25, 0.3) is 0 Å². The van der Waals surface area contributed by atoms with Crippen LogP contribution in [0.3, 0.4) is 0 Å². The maximum Gasteiger partial charge on any atom is 0.223 e. The van der Waals surface area contributed by atoms with Gasteiger partial charge in [0.1, 0.15) is 5.75 Å². The Morgan fingerprint density at radius 2 is 1.66 bits per heavy atom. The van der Waals surface area contributed by atoms with Crippen LogP contribution >= 0.6 is 0 Å². The summed E-state index contributed by atoms with van der Waals surface area (Å²) in [5, 5.41) is 7.01. The van der Waals surface area contributed by atoms with Gasteiger partial charge in [-0.15, -0.1) is 0 Å². The van der Waals surface area contributed by atoms with E-state index < -0.39 is 0 Å². The first kappa shape index (κ1) is 23.5. The Morgan fingerprint density at radius 1 is 0.943 bits per heavy atom. The average molecular weight is 471 g/mol. The van der Waals surface area contributed by atoms with Crippen LogP contribution in [0.15, 0.2) is 84.9 Å². The molecule has 2 fully saturated rings. The minimum atomic E-state index is -0.163. The standard InChI is InChI=1S/C29H34N4O2/c1-2-35-25-16-10-9-15-22(25)24-19-23(29(34)30-18-17-20-11-5-3-6-12-20)26-27(32-33-28(26)31-24)21-13-7-4-8-14-21/h3-16,23-24,26-28,31-33H,2,17-19H2,1H3,(H,30,34). The zero-order valence-electron chi connectivity index (χ0n) is 20.1. The monoisotopic (exact) mass is 470 g/mol. The highest BCUT2D eigenvalue weighted by Crippen LogP contribution is 2.43. The summed E-state index contributed by atoms with van der Waals surface area (Å²) >= 11 is 0. The van der Waals surface area contributed by atoms with Crippen LogP contribution in [0, 0.1) is 11.8 Å². The Hall–Kier alpha value is -3.19. The number of para-hydroxylation sites is 1. The van der Waals surface area contributed by atoms with Gasteiger partial charge in [-0.25, -0.2) is 10.9 Å². The third-order valence-electron chi connectivity index (χ3n) is 7.14. The summed E-state index contributed by atoms with van der Waals surface area (Å²) in [6.45, 7) is 3.23. The number of amides is 1. The SMILES string of the molecule is CCOc1ccccc1C1CC(C(=O)NCCc2ccccc2)C2C(NNC2c2ccccc2)N1. The Balaban J connectivity index is 1.38. The van der Waals surface area contributed by atoms with Gasteiger partial charge in [0.2, 0.25) is 5.91 Å². The first-order chi connectivity index (χ1) is 17.2. The number of hydrogen-bond acceptors (Lipinski definition) is 5. The molecule has 35 heavy (non-hydrogen) atoms. The number of benzene rings is 3. The van der Waals surface area contributed by atoms with Gasteiger partial charge in [0.05, 0.1) is 18.8 Å². The molecule has 0 bridgehead atoms. The van der Waals surface area contributed by atoms with Crippen molar-refractivity contribution in [2.24, 2.45) is 11.8 Å². The minimum Gasteiger partial charge on any atom is -0.494 e. The summed E-state index contributed by atoms with van der Waals surface area (Å²) in [4.78, 5) is 13.7. The van der Waals surface area contributed by atoms with E-state index in [1.807, 2.05) is 49.4 Å². The predicted molar refractivity (Wildman–Crippen MR) is 137 cm³/mol. The molecule has 4 N–H and O–H groups in total. The van der Waals surface area contributed by atoms with Crippen molar-refractivity contribution in [3.8, 4) is 5.75 Å². The van der Waals surface area contributed by atoms with Crippen LogP contribution in [0.4, 0.5) is 0 Å². The van der Waals surface area contributed by atoms with E-state index in [-0.39, 0.29) is 36.0 Å². The summed E-state index contributed by atoms with van der Waals surface area (Å²) in [6, 6.07) is 28.9. The lowest BCUT2D eigenvalue weighted by Gasteiger charge is -2.40. The van der Waals surface area contributed by atoms with E-state index in [0.717, 1.165) is 17.7 Å². The molecule has 0 aliphatic carbocycles. The highest BCUT2D eigenvalue weighted by Gasteiger charge is 2.49. The number of carbonyl (C=O) groups is 1. The summed E-state index contributed by atoms with van der Waals surface area (Å²) in [7, 11) is 0. The number of hydrazine groups is 1. The van der Waals surface area contributed by atoms with Crippen LogP contribution in [-0.4, -0.2) is 25.2 Å². The minimum absolute atomic E-state index is 0.00713. The van der Waals surface area contributed by atoms with Gasteiger partial charge >= 0.3 is 0 Å². The van der Waals surface area contributed by atoms with E-state index in [2.05, 4.69) is 63.9 Å². The third-order valence-corrected chi connectivity index (χ3v) is 7.14. The van der Waals surface area contributed by atoms with Crippen molar-refractivity contribution in [1.82, 2.24) is 21.5 Å². The second kappa shape index (κ2) is 11.0. The van der Waals surface area contributed by atoms with E-state index in [9.17, 15) is 4.79 Å². The Bertz CT molecular complexity index is 1110. The second-order valence-corrected chi connectivity index (χ2v) is 9.29. The van der Waals surface area contributed by atoms with Crippen LogP contribution in [-0.2, 0) is 11.2 Å². The van der Waals surface area contributed by atoms with Crippen molar-refractivity contribution < 1.29 is 9.53 Å². The van der Waals surface area contributed by atoms with E-state index in [0.29, 0.717) is 19.6 Å². The molecule has 0 aromatic heterocycles. The molecule has 3 aromatic rings. The number of rotatable bonds is 8. The zero-order valence-corrected chi connectivity index (χ0v) is 20.1. The molecule has 2 heterocycles. The first-order valence-corrected chi connectivity index (χ1v) is 12.6. The highest BCUT2D eigenvalue weighted by molar-refractivity contribution is 5.79. The highest BCUT2D eigenvalue weighted by atomic mass is 16.5. The van der Waals surface area contributed by atoms with Crippen LogP contribution in [0.1, 0.15) is 42.1 Å². The third kappa shape index (κ3) is 5.25. The lowest BCUT2D eigenvalue weighted by Crippen LogP contribution is -2.54. The molecule has 2 aliphatic heterocycles. The van der Waals surface area contributed by atoms with E-state index in [1.165, 1.54) is 11.1 Å². The zero-order chi connectivity index (χ0) is 24.0. The quantitative estimate of drug-likeness (QED) is 0.402. The van der Waals surface area contributed by atoms with Gasteiger partial charge < -0.3 is 10.1 Å². The molecule has 5 unspecified atom stereocenters. The molecule has 0 radical (unpaired) electrons. The molecule has 182 valence electrons. The van der Waals surface area contributed by atoms with Crippen molar-refractivity contribution >= 4 is 5.91 Å². The Labute approximate surface area is 207 Å². The maximum absolute atomic E-state index is 13.7. The number of ether oxygens (including phenoxy) is 1. The maximum atomic E-state index is 13.7. The molecule has 0 saturated carbocycles. The Morgan fingerprint density at radius 3 is 2.43 bits per heavy atom. The van der Waals surface area contributed by atoms with E-state index >= 15 is 0 Å². The molecular weight excluding hydrogens is 436 g/mol. The number of nitrogens with one attached hydrogen (secondary N) is 4. The number of fused-ring (bicyclic) bond motifs is 1. The molecule has 5 rings (SSSR count). The molecule has 6 nitrogen and oxygen atoms in total. The van der Waals surface area contributed by atoms with E-state index in [1.54, 1.807) is 0 Å². The molecule has 2 aliphatic rings. The summed E-state index contributed by atoms with van der Waals surface area (Å²) in [5.74, 6) is 0.900. The molecule has 0 spiro atoms. The normalized spacial score (nSPS) is 25.6. The van der Waals surface area contributed by atoms with Gasteiger partial charge in [-0.3, -0.25) is 10.1 Å². The molecule has 5 atom stereocenters. The second-order valence-electron chi connectivity index (χ2n) is 9.29. The van der Waals surface area contributed by atoms with Crippen LogP contribution in [0.25, 0.3) is 0 Å². The van der Waals surface area contributed by atoms with Crippen molar-refractivity contribution in [2.75, 3.05) is 13.2 Å². The smallest absolute Gasteiger partial charge is 0.223 e. The Kier molecular flexibility index (Phi) is 7.42. The van der Waals surface area contributed by atoms with Crippen molar-refractivity contribution in [1.29, 1.82) is 0 Å². The molecule has 6 heteroatoms. The van der Waals surface area contributed by atoms with Crippen LogP contribution in [0.5, 0.6) is 5.75 Å². The molecule has 2 saturated heterocycles. The van der Waals surface area contributed by atoms with Crippen LogP contribution < -0.4 is 26.2 Å². The van der Waals surface area contributed by atoms with Crippen molar-refractivity contribution in [2.45, 2.75) is 38.0 Å². The fourth-order valence-electron chi connectivity index (χ4n) is 5.50. The van der Waals surface area contributed by atoms with Gasteiger partial charge in [-0.05, 0) is 37.0 Å². The lowest BCUT2D eigenvalue weighted by molar-refractivity contribution is -0.128. The number of piperidine rings is 1. The first-order valence-electron chi connectivity index (χ1n) is 12.6. The molecular formula is C29H34N4O2. The summed E-state index contributed by atoms with van der Waals surface area (Å²) in [5.41, 5.74) is 10.4. The van der Waals surface area contributed by atoms with Crippen LogP contribution in [0.2, 0.25) is 0 Å². The van der Waals surface area contributed by atoms with Gasteiger partial charge in [0, 0.05) is 30.0 Å². The van der Waals surface area contributed by atoms with E-state index in [4.69, 9.17) is 4.74 Å². The fourth-order valence-corrected chi connectivity index (χ4v) is 5.50.